The molecule has 2 rings (SSSR count). The Morgan fingerprint density at radius 3 is 2.50 bits per heavy atom. The highest BCUT2D eigenvalue weighted by atomic mass is 32.2. The number of rotatable bonds is 5. The number of hydrogen-bond donors (Lipinski definition) is 1. The largest absolute Gasteiger partial charge is 0.314 e. The Balaban J connectivity index is 1.80. The van der Waals surface area contributed by atoms with Gasteiger partial charge in [0.1, 0.15) is 0 Å². The molecular weight excluding hydrogens is 240 g/mol. The molecule has 1 fully saturated rings. The molecule has 1 N–H and O–H groups in total. The Labute approximate surface area is 115 Å². The zero-order chi connectivity index (χ0) is 12.8. The number of benzene rings is 1. The van der Waals surface area contributed by atoms with Crippen molar-refractivity contribution in [3.8, 4) is 0 Å². The van der Waals surface area contributed by atoms with E-state index in [1.807, 2.05) is 11.8 Å². The van der Waals surface area contributed by atoms with Crippen molar-refractivity contribution in [2.24, 2.45) is 0 Å². The Morgan fingerprint density at radius 1 is 1.22 bits per heavy atom. The van der Waals surface area contributed by atoms with Gasteiger partial charge in [-0.3, -0.25) is 4.90 Å². The summed E-state index contributed by atoms with van der Waals surface area (Å²) in [6, 6.07) is 9.02. The van der Waals surface area contributed by atoms with E-state index in [2.05, 4.69) is 48.3 Å². The van der Waals surface area contributed by atoms with Gasteiger partial charge >= 0.3 is 0 Å². The van der Waals surface area contributed by atoms with Gasteiger partial charge in [0, 0.05) is 42.9 Å². The first kappa shape index (κ1) is 13.9. The highest BCUT2D eigenvalue weighted by Crippen LogP contribution is 2.24. The summed E-state index contributed by atoms with van der Waals surface area (Å²) in [4.78, 5) is 3.96. The monoisotopic (exact) mass is 264 g/mol. The smallest absolute Gasteiger partial charge is 0.0194 e. The average Bonchev–Trinajstić information content (AvgIpc) is 2.40. The molecule has 1 saturated heterocycles. The number of aryl methyl sites for hydroxylation is 1. The fraction of sp³-hybridized carbons (Fsp3) is 0.600. The standard InChI is InChI=1S/C15H24N2S/c1-3-14-4-6-15(7-5-14)18-13(2)12-17-10-8-16-9-11-17/h4-7,13,16H,3,8-12H2,1-2H3. The topological polar surface area (TPSA) is 15.3 Å². The number of piperazine rings is 1. The molecule has 0 bridgehead atoms. The van der Waals surface area contributed by atoms with E-state index in [0.717, 1.165) is 19.5 Å². The molecule has 0 saturated carbocycles. The van der Waals surface area contributed by atoms with Crippen LogP contribution in [0.5, 0.6) is 0 Å². The van der Waals surface area contributed by atoms with E-state index in [4.69, 9.17) is 0 Å². The van der Waals surface area contributed by atoms with E-state index in [-0.39, 0.29) is 0 Å². The first-order valence-electron chi connectivity index (χ1n) is 6.96. The Kier molecular flexibility index (Phi) is 5.54. The summed E-state index contributed by atoms with van der Waals surface area (Å²) < 4.78 is 0. The minimum Gasteiger partial charge on any atom is -0.314 e. The van der Waals surface area contributed by atoms with Crippen molar-refractivity contribution in [2.75, 3.05) is 32.7 Å². The molecule has 1 aromatic carbocycles. The van der Waals surface area contributed by atoms with Gasteiger partial charge in [0.05, 0.1) is 0 Å². The van der Waals surface area contributed by atoms with Gasteiger partial charge in [-0.05, 0) is 24.1 Å². The van der Waals surface area contributed by atoms with Crippen molar-refractivity contribution < 1.29 is 0 Å². The van der Waals surface area contributed by atoms with Gasteiger partial charge < -0.3 is 5.32 Å². The van der Waals surface area contributed by atoms with Crippen LogP contribution in [0.3, 0.4) is 0 Å². The lowest BCUT2D eigenvalue weighted by Crippen LogP contribution is -2.45. The second kappa shape index (κ2) is 7.17. The lowest BCUT2D eigenvalue weighted by atomic mass is 10.2. The molecule has 1 unspecified atom stereocenters. The van der Waals surface area contributed by atoms with Crippen LogP contribution in [-0.2, 0) is 6.42 Å². The predicted molar refractivity (Wildman–Crippen MR) is 80.4 cm³/mol. The van der Waals surface area contributed by atoms with Gasteiger partial charge in [-0.1, -0.05) is 26.0 Å². The predicted octanol–water partition coefficient (Wildman–Crippen LogP) is 2.63. The highest BCUT2D eigenvalue weighted by Gasteiger charge is 2.13. The van der Waals surface area contributed by atoms with Crippen molar-refractivity contribution in [3.05, 3.63) is 29.8 Å². The van der Waals surface area contributed by atoms with Crippen molar-refractivity contribution >= 4 is 11.8 Å². The van der Waals surface area contributed by atoms with Crippen molar-refractivity contribution in [1.29, 1.82) is 0 Å². The fourth-order valence-electron chi connectivity index (χ4n) is 2.33. The van der Waals surface area contributed by atoms with Crippen molar-refractivity contribution in [2.45, 2.75) is 30.4 Å². The summed E-state index contributed by atoms with van der Waals surface area (Å²) in [6.07, 6.45) is 1.13. The van der Waals surface area contributed by atoms with Crippen LogP contribution in [0.25, 0.3) is 0 Å². The van der Waals surface area contributed by atoms with Crippen LogP contribution < -0.4 is 5.32 Å². The quantitative estimate of drug-likeness (QED) is 0.823. The Bertz CT molecular complexity index is 344. The molecule has 3 heteroatoms. The third-order valence-corrected chi connectivity index (χ3v) is 4.49. The normalized spacial score (nSPS) is 18.8. The summed E-state index contributed by atoms with van der Waals surface area (Å²) in [5, 5.41) is 4.06. The molecule has 1 aromatic rings. The Hall–Kier alpha value is -0.510. The molecule has 18 heavy (non-hydrogen) atoms. The van der Waals surface area contributed by atoms with Crippen LogP contribution >= 0.6 is 11.8 Å². The molecule has 0 radical (unpaired) electrons. The van der Waals surface area contributed by atoms with Crippen molar-refractivity contribution in [1.82, 2.24) is 10.2 Å². The highest BCUT2D eigenvalue weighted by molar-refractivity contribution is 8.00. The lowest BCUT2D eigenvalue weighted by Gasteiger charge is -2.29. The van der Waals surface area contributed by atoms with Gasteiger partial charge in [0.15, 0.2) is 0 Å². The third kappa shape index (κ3) is 4.30. The minimum absolute atomic E-state index is 0.663. The van der Waals surface area contributed by atoms with E-state index in [9.17, 15) is 0 Å². The van der Waals surface area contributed by atoms with E-state index in [1.165, 1.54) is 30.1 Å². The molecule has 1 atom stereocenters. The molecule has 2 nitrogen and oxygen atoms in total. The van der Waals surface area contributed by atoms with Crippen LogP contribution in [-0.4, -0.2) is 42.9 Å². The summed E-state index contributed by atoms with van der Waals surface area (Å²) in [6.45, 7) is 10.4. The number of hydrogen-bond acceptors (Lipinski definition) is 3. The lowest BCUT2D eigenvalue weighted by molar-refractivity contribution is 0.244. The van der Waals surface area contributed by atoms with Crippen molar-refractivity contribution in [3.63, 3.8) is 0 Å². The molecule has 100 valence electrons. The first-order valence-corrected chi connectivity index (χ1v) is 7.84. The average molecular weight is 264 g/mol. The van der Waals surface area contributed by atoms with Gasteiger partial charge in [-0.15, -0.1) is 11.8 Å². The summed E-state index contributed by atoms with van der Waals surface area (Å²) in [5.41, 5.74) is 1.43. The third-order valence-electron chi connectivity index (χ3n) is 3.39. The van der Waals surface area contributed by atoms with E-state index >= 15 is 0 Å². The van der Waals surface area contributed by atoms with Gasteiger partial charge in [0.25, 0.3) is 0 Å². The van der Waals surface area contributed by atoms with E-state index in [1.54, 1.807) is 0 Å². The molecule has 1 heterocycles. The Morgan fingerprint density at radius 2 is 1.89 bits per heavy atom. The van der Waals surface area contributed by atoms with Crippen LogP contribution in [0.4, 0.5) is 0 Å². The molecule has 1 aliphatic rings. The van der Waals surface area contributed by atoms with Gasteiger partial charge in [-0.25, -0.2) is 0 Å². The minimum atomic E-state index is 0.663. The van der Waals surface area contributed by atoms with Crippen LogP contribution in [0.15, 0.2) is 29.2 Å². The molecule has 0 aromatic heterocycles. The molecule has 1 aliphatic heterocycles. The van der Waals surface area contributed by atoms with E-state index in [0.29, 0.717) is 5.25 Å². The van der Waals surface area contributed by atoms with Crippen LogP contribution in [0.2, 0.25) is 0 Å². The molecule has 0 aliphatic carbocycles. The summed E-state index contributed by atoms with van der Waals surface area (Å²) in [5.74, 6) is 0. The van der Waals surface area contributed by atoms with Gasteiger partial charge in [0.2, 0.25) is 0 Å². The van der Waals surface area contributed by atoms with Crippen LogP contribution in [0, 0.1) is 0 Å². The maximum absolute atomic E-state index is 3.40. The van der Waals surface area contributed by atoms with E-state index < -0.39 is 0 Å². The fourth-order valence-corrected chi connectivity index (χ4v) is 3.37. The molecule has 0 amide bonds. The number of nitrogens with zero attached hydrogens (tertiary/aromatic N) is 1. The first-order chi connectivity index (χ1) is 8.78. The number of nitrogens with one attached hydrogen (secondary N) is 1. The summed E-state index contributed by atoms with van der Waals surface area (Å²) in [7, 11) is 0. The second-order valence-electron chi connectivity index (χ2n) is 4.98. The SMILES string of the molecule is CCc1ccc(SC(C)CN2CCNCC2)cc1. The zero-order valence-corrected chi connectivity index (χ0v) is 12.3. The maximum atomic E-state index is 3.40. The second-order valence-corrected chi connectivity index (χ2v) is 6.49. The van der Waals surface area contributed by atoms with Gasteiger partial charge in [-0.2, -0.15) is 0 Å². The molecular formula is C15H24N2S. The summed E-state index contributed by atoms with van der Waals surface area (Å²) >= 11 is 1.99. The maximum Gasteiger partial charge on any atom is 0.0194 e. The van der Waals surface area contributed by atoms with Crippen LogP contribution in [0.1, 0.15) is 19.4 Å². The number of thioether (sulfide) groups is 1. The molecule has 0 spiro atoms. The zero-order valence-electron chi connectivity index (χ0n) is 11.5.